The molecule has 3 rings (SSSR count). The molecule has 0 N–H and O–H groups in total. The summed E-state index contributed by atoms with van der Waals surface area (Å²) in [4.78, 5) is 4.61. The van der Waals surface area contributed by atoms with Crippen molar-refractivity contribution < 1.29 is 8.42 Å². The molecule has 2 aromatic rings. The molecule has 23 heavy (non-hydrogen) atoms. The van der Waals surface area contributed by atoms with E-state index in [-0.39, 0.29) is 17.6 Å². The summed E-state index contributed by atoms with van der Waals surface area (Å²) in [5.41, 5.74) is 0.869. The van der Waals surface area contributed by atoms with Crippen molar-refractivity contribution in [1.82, 2.24) is 14.8 Å². The molecular formula is C16H18ClN3O2S. The van der Waals surface area contributed by atoms with Crippen LogP contribution in [0.4, 0.5) is 0 Å². The first-order valence-corrected chi connectivity index (χ1v) is 9.56. The third-order valence-electron chi connectivity index (χ3n) is 3.73. The highest BCUT2D eigenvalue weighted by molar-refractivity contribution is 7.94. The normalized spacial score (nSPS) is 19.6. The number of halogens is 1. The maximum absolute atomic E-state index is 11.6. The van der Waals surface area contributed by atoms with E-state index in [2.05, 4.69) is 10.1 Å². The Hall–Kier alpha value is -1.66. The van der Waals surface area contributed by atoms with Gasteiger partial charge in [0.1, 0.15) is 5.82 Å². The summed E-state index contributed by atoms with van der Waals surface area (Å²) in [5.74, 6) is 1.79. The van der Waals surface area contributed by atoms with Gasteiger partial charge in [0.2, 0.25) is 0 Å². The number of benzene rings is 1. The van der Waals surface area contributed by atoms with Gasteiger partial charge < -0.3 is 0 Å². The molecule has 1 aliphatic heterocycles. The quantitative estimate of drug-likeness (QED) is 0.848. The lowest BCUT2D eigenvalue weighted by Gasteiger charge is -2.08. The van der Waals surface area contributed by atoms with Gasteiger partial charge in [0.25, 0.3) is 0 Å². The molecule has 0 aliphatic carbocycles. The lowest BCUT2D eigenvalue weighted by atomic mass is 10.1. The van der Waals surface area contributed by atoms with E-state index in [4.69, 9.17) is 11.6 Å². The third-order valence-corrected chi connectivity index (χ3v) is 5.44. The van der Waals surface area contributed by atoms with Gasteiger partial charge in [0.05, 0.1) is 11.4 Å². The number of allylic oxidation sites excluding steroid dienone is 1. The predicted octanol–water partition coefficient (Wildman–Crippen LogP) is 3.14. The van der Waals surface area contributed by atoms with Crippen LogP contribution in [0.2, 0.25) is 5.02 Å². The van der Waals surface area contributed by atoms with E-state index in [1.807, 2.05) is 26.0 Å². The predicted molar refractivity (Wildman–Crippen MR) is 90.6 cm³/mol. The number of aromatic nitrogens is 3. The fraction of sp³-hybridized carbons (Fsp3) is 0.375. The molecule has 1 aliphatic rings. The standard InChI is InChI=1S/C16H18ClN3O2S/c1-11(2)16-18-15(9-12-7-8-23(21,22)10-12)20(19-16)14-5-3-13(17)4-6-14/h3-8,11-12H,9-10H2,1-2H3. The van der Waals surface area contributed by atoms with E-state index in [1.165, 1.54) is 5.41 Å². The zero-order valence-corrected chi connectivity index (χ0v) is 14.5. The van der Waals surface area contributed by atoms with Crippen LogP contribution in [-0.2, 0) is 16.3 Å². The van der Waals surface area contributed by atoms with Crippen molar-refractivity contribution >= 4 is 21.4 Å². The molecule has 1 aromatic carbocycles. The van der Waals surface area contributed by atoms with Crippen molar-refractivity contribution in [3.8, 4) is 5.69 Å². The van der Waals surface area contributed by atoms with Gasteiger partial charge in [-0.1, -0.05) is 31.5 Å². The molecule has 0 radical (unpaired) electrons. The van der Waals surface area contributed by atoms with Crippen molar-refractivity contribution in [1.29, 1.82) is 0 Å². The molecule has 2 heterocycles. The van der Waals surface area contributed by atoms with Crippen LogP contribution in [0, 0.1) is 5.92 Å². The lowest BCUT2D eigenvalue weighted by Crippen LogP contribution is -2.12. The van der Waals surface area contributed by atoms with Crippen LogP contribution < -0.4 is 0 Å². The number of hydrogen-bond donors (Lipinski definition) is 0. The van der Waals surface area contributed by atoms with E-state index in [0.717, 1.165) is 17.3 Å². The summed E-state index contributed by atoms with van der Waals surface area (Å²) in [6, 6.07) is 7.37. The molecule has 0 saturated heterocycles. The van der Waals surface area contributed by atoms with Crippen LogP contribution in [0.15, 0.2) is 35.7 Å². The van der Waals surface area contributed by atoms with Crippen LogP contribution in [0.3, 0.4) is 0 Å². The van der Waals surface area contributed by atoms with Crippen LogP contribution >= 0.6 is 11.6 Å². The van der Waals surface area contributed by atoms with Gasteiger partial charge in [-0.3, -0.25) is 0 Å². The Morgan fingerprint density at radius 1 is 1.30 bits per heavy atom. The molecule has 0 spiro atoms. The zero-order chi connectivity index (χ0) is 16.6. The van der Waals surface area contributed by atoms with Crippen molar-refractivity contribution in [3.05, 3.63) is 52.4 Å². The number of sulfone groups is 1. The molecular weight excluding hydrogens is 334 g/mol. The zero-order valence-electron chi connectivity index (χ0n) is 13.0. The highest BCUT2D eigenvalue weighted by Crippen LogP contribution is 2.23. The highest BCUT2D eigenvalue weighted by Gasteiger charge is 2.25. The van der Waals surface area contributed by atoms with Crippen molar-refractivity contribution in [2.24, 2.45) is 5.92 Å². The van der Waals surface area contributed by atoms with E-state index < -0.39 is 9.84 Å². The van der Waals surface area contributed by atoms with Gasteiger partial charge in [-0.15, -0.1) is 0 Å². The molecule has 7 heteroatoms. The van der Waals surface area contributed by atoms with Crippen LogP contribution in [0.25, 0.3) is 5.69 Å². The summed E-state index contributed by atoms with van der Waals surface area (Å²) in [6.07, 6.45) is 2.28. The SMILES string of the molecule is CC(C)c1nc(CC2C=CS(=O)(=O)C2)n(-c2ccc(Cl)cc2)n1. The summed E-state index contributed by atoms with van der Waals surface area (Å²) in [7, 11) is -3.06. The summed E-state index contributed by atoms with van der Waals surface area (Å²) in [5, 5.41) is 6.53. The molecule has 1 unspecified atom stereocenters. The van der Waals surface area contributed by atoms with E-state index >= 15 is 0 Å². The van der Waals surface area contributed by atoms with Crippen molar-refractivity contribution in [2.45, 2.75) is 26.2 Å². The molecule has 0 amide bonds. The second kappa shape index (κ2) is 6.09. The summed E-state index contributed by atoms with van der Waals surface area (Å²) < 4.78 is 25.0. The van der Waals surface area contributed by atoms with Gasteiger partial charge in [-0.05, 0) is 30.2 Å². The van der Waals surface area contributed by atoms with Gasteiger partial charge in [0, 0.05) is 22.8 Å². The van der Waals surface area contributed by atoms with Crippen LogP contribution in [-0.4, -0.2) is 28.9 Å². The second-order valence-electron chi connectivity index (χ2n) is 6.05. The van der Waals surface area contributed by atoms with Gasteiger partial charge >= 0.3 is 0 Å². The average molecular weight is 352 g/mol. The van der Waals surface area contributed by atoms with E-state index in [9.17, 15) is 8.42 Å². The minimum absolute atomic E-state index is 0.0599. The smallest absolute Gasteiger partial charge is 0.171 e. The topological polar surface area (TPSA) is 64.8 Å². The first-order valence-electron chi connectivity index (χ1n) is 7.47. The first kappa shape index (κ1) is 16.2. The van der Waals surface area contributed by atoms with Gasteiger partial charge in [0.15, 0.2) is 15.7 Å². The van der Waals surface area contributed by atoms with E-state index in [1.54, 1.807) is 22.9 Å². The fourth-order valence-corrected chi connectivity index (χ4v) is 4.05. The maximum atomic E-state index is 11.6. The van der Waals surface area contributed by atoms with E-state index in [0.29, 0.717) is 11.4 Å². The number of nitrogens with zero attached hydrogens (tertiary/aromatic N) is 3. The molecule has 1 atom stereocenters. The summed E-state index contributed by atoms with van der Waals surface area (Å²) in [6.45, 7) is 4.07. The van der Waals surface area contributed by atoms with Gasteiger partial charge in [-0.25, -0.2) is 18.1 Å². The first-order chi connectivity index (χ1) is 10.8. The summed E-state index contributed by atoms with van der Waals surface area (Å²) >= 11 is 5.94. The average Bonchev–Trinajstić information content (AvgIpc) is 3.04. The van der Waals surface area contributed by atoms with Gasteiger partial charge in [-0.2, -0.15) is 5.10 Å². The largest absolute Gasteiger partial charge is 0.224 e. The monoisotopic (exact) mass is 351 g/mol. The number of rotatable bonds is 4. The van der Waals surface area contributed by atoms with Crippen LogP contribution in [0.5, 0.6) is 0 Å². The Morgan fingerprint density at radius 3 is 2.57 bits per heavy atom. The minimum atomic E-state index is -3.06. The Bertz CT molecular complexity index is 839. The second-order valence-corrected chi connectivity index (χ2v) is 8.42. The van der Waals surface area contributed by atoms with Crippen molar-refractivity contribution in [3.63, 3.8) is 0 Å². The maximum Gasteiger partial charge on any atom is 0.171 e. The molecule has 1 aromatic heterocycles. The molecule has 122 valence electrons. The van der Waals surface area contributed by atoms with Crippen molar-refractivity contribution in [2.75, 3.05) is 5.75 Å². The fourth-order valence-electron chi connectivity index (χ4n) is 2.53. The lowest BCUT2D eigenvalue weighted by molar-refractivity contribution is 0.593. The Kier molecular flexibility index (Phi) is 4.29. The minimum Gasteiger partial charge on any atom is -0.224 e. The molecule has 0 fully saturated rings. The number of hydrogen-bond acceptors (Lipinski definition) is 4. The Balaban J connectivity index is 1.95. The highest BCUT2D eigenvalue weighted by atomic mass is 35.5. The molecule has 0 bridgehead atoms. The Labute approximate surface area is 140 Å². The van der Waals surface area contributed by atoms with Crippen LogP contribution in [0.1, 0.15) is 31.4 Å². The third kappa shape index (κ3) is 3.64. The molecule has 0 saturated carbocycles. The Morgan fingerprint density at radius 2 is 2.00 bits per heavy atom. The molecule has 5 nitrogen and oxygen atoms in total.